The van der Waals surface area contributed by atoms with Gasteiger partial charge in [0.25, 0.3) is 0 Å². The molecule has 0 aromatic heterocycles. The number of halogens is 1. The second-order valence-corrected chi connectivity index (χ2v) is 46.4. The first kappa shape index (κ1) is 57.8. The Labute approximate surface area is 414 Å². The Kier molecular flexibility index (Phi) is 17.8. The fourth-order valence-corrected chi connectivity index (χ4v) is 12.6. The van der Waals surface area contributed by atoms with Gasteiger partial charge in [-0.05, 0) is 148 Å². The minimum absolute atomic E-state index is 0.00408. The highest BCUT2D eigenvalue weighted by atomic mass is 35.5. The van der Waals surface area contributed by atoms with Crippen LogP contribution < -0.4 is 10.8 Å². The van der Waals surface area contributed by atoms with Crippen LogP contribution in [0.2, 0.25) is 77.6 Å². The van der Waals surface area contributed by atoms with E-state index >= 15 is 0 Å². The van der Waals surface area contributed by atoms with Gasteiger partial charge in [-0.15, -0.1) is 0 Å². The molecule has 2 aliphatic rings. The van der Waals surface area contributed by atoms with Gasteiger partial charge in [-0.3, -0.25) is 4.90 Å². The number of likely N-dealkylation sites (tertiary alicyclic amines) is 1. The number of piperidine rings is 1. The van der Waals surface area contributed by atoms with Gasteiger partial charge in [0.1, 0.15) is 0 Å². The molecular formula is C52H96BClN2O6Si4. The third-order valence-electron chi connectivity index (χ3n) is 17.0. The van der Waals surface area contributed by atoms with Crippen molar-refractivity contribution in [2.75, 3.05) is 31.6 Å². The fraction of sp³-hybridized carbons (Fsp3) is 0.769. The maximum atomic E-state index is 7.77. The lowest BCUT2D eigenvalue weighted by Gasteiger charge is -2.56. The van der Waals surface area contributed by atoms with Crippen LogP contribution in [0.1, 0.15) is 122 Å². The van der Waals surface area contributed by atoms with Crippen molar-refractivity contribution in [3.05, 3.63) is 58.6 Å². The van der Waals surface area contributed by atoms with Crippen molar-refractivity contribution in [2.24, 2.45) is 0 Å². The molecule has 0 saturated carbocycles. The molecule has 0 bridgehead atoms. The summed E-state index contributed by atoms with van der Waals surface area (Å²) in [7, 11) is -9.42. The van der Waals surface area contributed by atoms with Crippen molar-refractivity contribution in [1.29, 1.82) is 0 Å². The molecule has 376 valence electrons. The summed E-state index contributed by atoms with van der Waals surface area (Å²) in [6.07, 6.45) is 1.23. The average molecular weight is 1000 g/mol. The Bertz CT molecular complexity index is 1900. The highest BCUT2D eigenvalue weighted by molar-refractivity contribution is 6.75. The third-order valence-corrected chi connectivity index (χ3v) is 35.2. The summed E-state index contributed by atoms with van der Waals surface area (Å²) < 4.78 is 42.9. The summed E-state index contributed by atoms with van der Waals surface area (Å²) in [5, 5.41) is 4.42. The molecule has 3 unspecified atom stereocenters. The first-order chi connectivity index (χ1) is 29.6. The Morgan fingerprint density at radius 2 is 1.08 bits per heavy atom. The van der Waals surface area contributed by atoms with Crippen molar-refractivity contribution < 1.29 is 27.0 Å². The molecule has 2 aromatic carbocycles. The molecule has 2 saturated heterocycles. The monoisotopic (exact) mass is 1000 g/mol. The minimum Gasteiger partial charge on any atom is -0.415 e. The molecule has 2 heterocycles. The molecular weight excluding hydrogens is 907 g/mol. The topological polar surface area (TPSA) is 70.7 Å². The molecule has 2 aliphatic heterocycles. The standard InChI is InChI=1S/C52H96BClN2O6Si4/c1-47(2,3)63(17,18)57-37-43-45(59-65(21,22)49(7,8)9)46(60-66(23,24)50(10,11)12)44(58-64(19,20)48(4,5)6)36-56(43)32-30-39-27-25-38(26-28-39)29-31-55-42-34-40(33-41(54)35-42)53-61-51(13,14)52(15,16)62-53/h25-28,33-35,43-46,55H,29-32,36-37H2,1-24H3/t43-,44?,45?,46?/m1/s1. The van der Waals surface area contributed by atoms with Crippen molar-refractivity contribution >= 4 is 63.1 Å². The molecule has 4 rings (SSSR count). The maximum Gasteiger partial charge on any atom is 0.494 e. The van der Waals surface area contributed by atoms with Gasteiger partial charge in [-0.2, -0.15) is 0 Å². The van der Waals surface area contributed by atoms with E-state index in [1.165, 1.54) is 11.1 Å². The zero-order valence-corrected chi connectivity index (χ0v) is 51.2. The van der Waals surface area contributed by atoms with E-state index in [9.17, 15) is 0 Å². The molecule has 8 nitrogen and oxygen atoms in total. The number of anilines is 1. The van der Waals surface area contributed by atoms with Crippen LogP contribution in [0.5, 0.6) is 0 Å². The van der Waals surface area contributed by atoms with E-state index in [1.807, 2.05) is 12.1 Å². The Morgan fingerprint density at radius 1 is 0.636 bits per heavy atom. The maximum absolute atomic E-state index is 7.77. The summed E-state index contributed by atoms with van der Waals surface area (Å²) in [5.41, 5.74) is 3.65. The van der Waals surface area contributed by atoms with Gasteiger partial charge in [-0.25, -0.2) is 0 Å². The van der Waals surface area contributed by atoms with E-state index in [0.29, 0.717) is 11.6 Å². The van der Waals surface area contributed by atoms with Crippen LogP contribution in [0, 0.1) is 0 Å². The molecule has 0 amide bonds. The predicted octanol–water partition coefficient (Wildman–Crippen LogP) is 13.7. The molecule has 2 fully saturated rings. The average Bonchev–Trinajstić information content (AvgIpc) is 3.35. The van der Waals surface area contributed by atoms with Gasteiger partial charge in [0.15, 0.2) is 33.3 Å². The highest BCUT2D eigenvalue weighted by Crippen LogP contribution is 2.46. The Hall–Kier alpha value is -0.818. The number of nitrogens with zero attached hydrogens (tertiary/aromatic N) is 1. The molecule has 14 heteroatoms. The predicted molar refractivity (Wildman–Crippen MR) is 294 cm³/mol. The zero-order valence-electron chi connectivity index (χ0n) is 46.4. The lowest BCUT2D eigenvalue weighted by Crippen LogP contribution is -2.70. The smallest absolute Gasteiger partial charge is 0.415 e. The molecule has 1 N–H and O–H groups in total. The summed E-state index contributed by atoms with van der Waals surface area (Å²) in [4.78, 5) is 2.68. The van der Waals surface area contributed by atoms with E-state index in [0.717, 1.165) is 43.6 Å². The molecule has 2 aromatic rings. The van der Waals surface area contributed by atoms with Crippen molar-refractivity contribution in [1.82, 2.24) is 4.90 Å². The molecule has 0 aliphatic carbocycles. The summed E-state index contributed by atoms with van der Waals surface area (Å²) in [5.74, 6) is 0. The largest absolute Gasteiger partial charge is 0.494 e. The van der Waals surface area contributed by atoms with Crippen molar-refractivity contribution in [3.63, 3.8) is 0 Å². The fourth-order valence-electron chi connectivity index (χ4n) is 7.38. The van der Waals surface area contributed by atoms with Crippen LogP contribution in [0.25, 0.3) is 0 Å². The van der Waals surface area contributed by atoms with Crippen LogP contribution in [0.4, 0.5) is 5.69 Å². The molecule has 0 radical (unpaired) electrons. The van der Waals surface area contributed by atoms with E-state index in [2.05, 4.69) is 204 Å². The van der Waals surface area contributed by atoms with Gasteiger partial charge < -0.3 is 32.3 Å². The van der Waals surface area contributed by atoms with Crippen LogP contribution in [0.3, 0.4) is 0 Å². The summed E-state index contributed by atoms with van der Waals surface area (Å²) in [6, 6.07) is 15.2. The molecule has 0 spiro atoms. The van der Waals surface area contributed by atoms with Gasteiger partial charge in [-0.1, -0.05) is 119 Å². The first-order valence-corrected chi connectivity index (χ1v) is 37.0. The Balaban J connectivity index is 1.64. The van der Waals surface area contributed by atoms with Crippen LogP contribution in [-0.4, -0.2) is 107 Å². The normalized spacial score (nSPS) is 22.8. The number of nitrogens with one attached hydrogen (secondary N) is 1. The SMILES string of the molecule is CC1(C)OB(c2cc(Cl)cc(NCCc3ccc(CCN4CC(O[Si](C)(C)C(C)(C)C)C(O[Si](C)(C)C(C)(C)C)C(O[Si](C)(C)C(C)(C)C)[C@H]4CO[Si](C)(C)C(C)(C)C)cc3)c2)OC1(C)C. The van der Waals surface area contributed by atoms with E-state index in [4.69, 9.17) is 38.6 Å². The minimum atomic E-state index is -2.31. The number of hydrogen-bond donors (Lipinski definition) is 1. The van der Waals surface area contributed by atoms with Gasteiger partial charge >= 0.3 is 7.12 Å². The van der Waals surface area contributed by atoms with Crippen LogP contribution in [0.15, 0.2) is 42.5 Å². The van der Waals surface area contributed by atoms with Crippen molar-refractivity contribution in [2.45, 2.75) is 232 Å². The lowest BCUT2D eigenvalue weighted by molar-refractivity contribution is -0.128. The lowest BCUT2D eigenvalue weighted by atomic mass is 9.79. The summed E-state index contributed by atoms with van der Waals surface area (Å²) in [6.45, 7) is 58.6. The second-order valence-electron chi connectivity index (χ2n) is 26.8. The van der Waals surface area contributed by atoms with Gasteiger partial charge in [0.2, 0.25) is 0 Å². The Morgan fingerprint density at radius 3 is 1.55 bits per heavy atom. The summed E-state index contributed by atoms with van der Waals surface area (Å²) >= 11 is 6.62. The number of hydrogen-bond acceptors (Lipinski definition) is 8. The number of benzene rings is 2. The van der Waals surface area contributed by atoms with Gasteiger partial charge in [0, 0.05) is 30.3 Å². The highest BCUT2D eigenvalue weighted by Gasteiger charge is 2.56. The number of rotatable bonds is 17. The second kappa shape index (κ2) is 20.4. The van der Waals surface area contributed by atoms with E-state index in [-0.39, 0.29) is 44.5 Å². The van der Waals surface area contributed by atoms with E-state index < -0.39 is 51.6 Å². The molecule has 66 heavy (non-hydrogen) atoms. The van der Waals surface area contributed by atoms with E-state index in [1.54, 1.807) is 0 Å². The third kappa shape index (κ3) is 14.0. The van der Waals surface area contributed by atoms with Gasteiger partial charge in [0.05, 0.1) is 42.2 Å². The van der Waals surface area contributed by atoms with Crippen molar-refractivity contribution in [3.8, 4) is 0 Å². The van der Waals surface area contributed by atoms with Crippen LogP contribution >= 0.6 is 11.6 Å². The molecule has 4 atom stereocenters. The van der Waals surface area contributed by atoms with Crippen LogP contribution in [-0.2, 0) is 39.9 Å². The quantitative estimate of drug-likeness (QED) is 0.157. The zero-order chi connectivity index (χ0) is 50.5. The first-order valence-electron chi connectivity index (χ1n) is 25.0.